The molecule has 2 heterocycles. The second-order valence-electron chi connectivity index (χ2n) is 4.93. The summed E-state index contributed by atoms with van der Waals surface area (Å²) in [5.41, 5.74) is 1.15. The van der Waals surface area contributed by atoms with E-state index in [1.807, 2.05) is 27.0 Å². The first-order valence-corrected chi connectivity index (χ1v) is 7.46. The predicted octanol–water partition coefficient (Wildman–Crippen LogP) is 1.27. The fraction of sp³-hybridized carbons (Fsp3) is 0.583. The Morgan fingerprint density at radius 1 is 1.47 bits per heavy atom. The molecule has 0 saturated carbocycles. The van der Waals surface area contributed by atoms with Crippen molar-refractivity contribution in [2.75, 3.05) is 23.9 Å². The number of nitrogens with one attached hydrogen (secondary N) is 1. The van der Waals surface area contributed by atoms with Crippen LogP contribution in [0.3, 0.4) is 0 Å². The molecule has 0 unspecified atom stereocenters. The van der Waals surface area contributed by atoms with Crippen molar-refractivity contribution in [1.29, 1.82) is 0 Å². The van der Waals surface area contributed by atoms with Crippen LogP contribution in [0.25, 0.3) is 5.78 Å². The number of hydrogen-bond acceptors (Lipinski definition) is 6. The van der Waals surface area contributed by atoms with Gasteiger partial charge in [-0.1, -0.05) is 0 Å². The maximum atomic E-state index is 10.2. The fourth-order valence-electron chi connectivity index (χ4n) is 1.88. The van der Waals surface area contributed by atoms with Gasteiger partial charge >= 0.3 is 0 Å². The molecule has 0 aliphatic heterocycles. The highest BCUT2D eigenvalue weighted by atomic mass is 32.2. The zero-order chi connectivity index (χ0) is 14.0. The molecule has 0 amide bonds. The Bertz CT molecular complexity index is 581. The van der Waals surface area contributed by atoms with E-state index in [0.29, 0.717) is 18.1 Å². The van der Waals surface area contributed by atoms with Gasteiger partial charge in [0.1, 0.15) is 12.1 Å². The van der Waals surface area contributed by atoms with Gasteiger partial charge in [-0.05, 0) is 27.0 Å². The van der Waals surface area contributed by atoms with E-state index in [4.69, 9.17) is 0 Å². The summed E-state index contributed by atoms with van der Waals surface area (Å²) in [7, 11) is 0. The minimum Gasteiger partial charge on any atom is -0.387 e. The van der Waals surface area contributed by atoms with Gasteiger partial charge in [0.2, 0.25) is 0 Å². The van der Waals surface area contributed by atoms with Gasteiger partial charge in [0.25, 0.3) is 5.78 Å². The Hall–Kier alpha value is -1.34. The minimum atomic E-state index is -0.768. The van der Waals surface area contributed by atoms with Gasteiger partial charge in [-0.2, -0.15) is 26.4 Å². The zero-order valence-electron chi connectivity index (χ0n) is 11.6. The standard InChI is InChI=1S/C12H19N5OS/c1-8-9(2)16-11-14-7-15-17(11)10(8)13-5-12(3,18)6-19-4/h7,13,18H,5-6H2,1-4H3/t12-/m0/s1. The highest BCUT2D eigenvalue weighted by Crippen LogP contribution is 2.19. The zero-order valence-corrected chi connectivity index (χ0v) is 12.5. The number of hydrogen-bond donors (Lipinski definition) is 2. The number of thioether (sulfide) groups is 1. The summed E-state index contributed by atoms with van der Waals surface area (Å²) >= 11 is 1.62. The second-order valence-corrected chi connectivity index (χ2v) is 5.79. The number of aromatic nitrogens is 4. The molecule has 0 aliphatic carbocycles. The molecule has 2 rings (SSSR count). The van der Waals surface area contributed by atoms with Crippen LogP contribution < -0.4 is 5.32 Å². The molecular formula is C12H19N5OS. The third-order valence-corrected chi connectivity index (χ3v) is 3.91. The first-order valence-electron chi connectivity index (χ1n) is 6.07. The van der Waals surface area contributed by atoms with Gasteiger partial charge in [0, 0.05) is 23.6 Å². The monoisotopic (exact) mass is 281 g/mol. The van der Waals surface area contributed by atoms with Crippen LogP contribution in [0.2, 0.25) is 0 Å². The van der Waals surface area contributed by atoms with Crippen LogP contribution in [0.4, 0.5) is 5.82 Å². The quantitative estimate of drug-likeness (QED) is 0.859. The first-order chi connectivity index (χ1) is 8.94. The molecule has 1 atom stereocenters. The number of anilines is 1. The summed E-state index contributed by atoms with van der Waals surface area (Å²) in [5, 5.41) is 17.6. The lowest BCUT2D eigenvalue weighted by atomic mass is 10.1. The van der Waals surface area contributed by atoms with Crippen LogP contribution in [-0.2, 0) is 0 Å². The SMILES string of the molecule is CSC[C@@](C)(O)CNc1c(C)c(C)nc2ncnn12. The van der Waals surface area contributed by atoms with Crippen LogP contribution in [0.1, 0.15) is 18.2 Å². The fourth-order valence-corrected chi connectivity index (χ4v) is 2.60. The summed E-state index contributed by atoms with van der Waals surface area (Å²) in [6.45, 7) is 6.19. The van der Waals surface area contributed by atoms with E-state index in [9.17, 15) is 5.11 Å². The van der Waals surface area contributed by atoms with Gasteiger partial charge < -0.3 is 10.4 Å². The molecule has 0 aliphatic rings. The number of aliphatic hydroxyl groups is 1. The number of aryl methyl sites for hydroxylation is 1. The summed E-state index contributed by atoms with van der Waals surface area (Å²) in [6, 6.07) is 0. The average Bonchev–Trinajstić information content (AvgIpc) is 2.77. The van der Waals surface area contributed by atoms with E-state index >= 15 is 0 Å². The van der Waals surface area contributed by atoms with Crippen molar-refractivity contribution in [1.82, 2.24) is 19.6 Å². The molecule has 7 heteroatoms. The van der Waals surface area contributed by atoms with E-state index in [2.05, 4.69) is 20.4 Å². The molecule has 0 aromatic carbocycles. The van der Waals surface area contributed by atoms with E-state index in [1.165, 1.54) is 6.33 Å². The summed E-state index contributed by atoms with van der Waals surface area (Å²) in [6.07, 6.45) is 3.46. The van der Waals surface area contributed by atoms with Crippen LogP contribution in [0.5, 0.6) is 0 Å². The highest BCUT2D eigenvalue weighted by molar-refractivity contribution is 7.98. The number of fused-ring (bicyclic) bond motifs is 1. The van der Waals surface area contributed by atoms with Gasteiger partial charge in [0.15, 0.2) is 0 Å². The van der Waals surface area contributed by atoms with Crippen molar-refractivity contribution in [2.45, 2.75) is 26.4 Å². The molecule has 0 bridgehead atoms. The summed E-state index contributed by atoms with van der Waals surface area (Å²) in [4.78, 5) is 8.46. The third-order valence-electron chi connectivity index (χ3n) is 3.00. The van der Waals surface area contributed by atoms with Gasteiger partial charge in [-0.25, -0.2) is 4.98 Å². The van der Waals surface area contributed by atoms with Crippen LogP contribution in [0, 0.1) is 13.8 Å². The van der Waals surface area contributed by atoms with Crippen molar-refractivity contribution in [3.05, 3.63) is 17.6 Å². The number of rotatable bonds is 5. The van der Waals surface area contributed by atoms with E-state index in [1.54, 1.807) is 16.3 Å². The Morgan fingerprint density at radius 3 is 2.89 bits per heavy atom. The van der Waals surface area contributed by atoms with Crippen LogP contribution in [0.15, 0.2) is 6.33 Å². The largest absolute Gasteiger partial charge is 0.387 e. The molecule has 0 radical (unpaired) electrons. The smallest absolute Gasteiger partial charge is 0.254 e. The minimum absolute atomic E-state index is 0.451. The molecule has 6 nitrogen and oxygen atoms in total. The highest BCUT2D eigenvalue weighted by Gasteiger charge is 2.21. The Labute approximate surface area is 116 Å². The predicted molar refractivity (Wildman–Crippen MR) is 77.8 cm³/mol. The van der Waals surface area contributed by atoms with Crippen molar-refractivity contribution >= 4 is 23.4 Å². The first kappa shape index (κ1) is 14.1. The van der Waals surface area contributed by atoms with Gasteiger partial charge in [-0.15, -0.1) is 0 Å². The molecule has 2 aromatic rings. The topological polar surface area (TPSA) is 75.3 Å². The molecule has 0 fully saturated rings. The maximum Gasteiger partial charge on any atom is 0.254 e. The molecule has 104 valence electrons. The van der Waals surface area contributed by atoms with Crippen molar-refractivity contribution < 1.29 is 5.11 Å². The molecule has 19 heavy (non-hydrogen) atoms. The number of nitrogens with zero attached hydrogens (tertiary/aromatic N) is 4. The normalized spacial score (nSPS) is 14.6. The Morgan fingerprint density at radius 2 is 2.21 bits per heavy atom. The summed E-state index contributed by atoms with van der Waals surface area (Å²) in [5.74, 6) is 2.07. The molecule has 2 aromatic heterocycles. The third kappa shape index (κ3) is 2.98. The van der Waals surface area contributed by atoms with E-state index < -0.39 is 5.60 Å². The Kier molecular flexibility index (Phi) is 3.96. The van der Waals surface area contributed by atoms with Crippen LogP contribution in [-0.4, -0.2) is 48.8 Å². The van der Waals surface area contributed by atoms with Crippen LogP contribution >= 0.6 is 11.8 Å². The lowest BCUT2D eigenvalue weighted by Gasteiger charge is -2.24. The van der Waals surface area contributed by atoms with Crippen molar-refractivity contribution in [3.63, 3.8) is 0 Å². The van der Waals surface area contributed by atoms with Gasteiger partial charge in [-0.3, -0.25) is 0 Å². The molecule has 2 N–H and O–H groups in total. The van der Waals surface area contributed by atoms with Crippen molar-refractivity contribution in [3.8, 4) is 0 Å². The lowest BCUT2D eigenvalue weighted by molar-refractivity contribution is 0.0995. The molecule has 0 spiro atoms. The maximum absolute atomic E-state index is 10.2. The van der Waals surface area contributed by atoms with Gasteiger partial charge in [0.05, 0.1) is 5.60 Å². The summed E-state index contributed by atoms with van der Waals surface area (Å²) < 4.78 is 1.66. The Balaban J connectivity index is 2.29. The van der Waals surface area contributed by atoms with Crippen molar-refractivity contribution in [2.24, 2.45) is 0 Å². The average molecular weight is 281 g/mol. The van der Waals surface area contributed by atoms with E-state index in [0.717, 1.165) is 17.1 Å². The second kappa shape index (κ2) is 5.34. The lowest BCUT2D eigenvalue weighted by Crippen LogP contribution is -2.36. The van der Waals surface area contributed by atoms with E-state index in [-0.39, 0.29) is 0 Å². The molecule has 0 saturated heterocycles. The molecular weight excluding hydrogens is 262 g/mol.